The second-order valence-corrected chi connectivity index (χ2v) is 4.77. The van der Waals surface area contributed by atoms with Gasteiger partial charge < -0.3 is 18.9 Å². The Hall–Kier alpha value is -2.77. The smallest absolute Gasteiger partial charge is 0.413 e. The zero-order valence-electron chi connectivity index (χ0n) is 14.1. The van der Waals surface area contributed by atoms with Crippen molar-refractivity contribution < 1.29 is 33.3 Å². The van der Waals surface area contributed by atoms with Crippen LogP contribution in [0, 0.1) is 0 Å². The number of hydrogen-bond acceptors (Lipinski definition) is 7. The number of amides is 2. The molecule has 0 saturated carbocycles. The second kappa shape index (κ2) is 9.39. The van der Waals surface area contributed by atoms with Crippen molar-refractivity contribution in [1.82, 2.24) is 5.32 Å². The normalized spacial score (nSPS) is 11.2. The van der Waals surface area contributed by atoms with E-state index in [9.17, 15) is 14.4 Å². The highest BCUT2D eigenvalue weighted by molar-refractivity contribution is 5.94. The Balaban J connectivity index is 2.58. The number of ether oxygens (including phenoxy) is 4. The predicted molar refractivity (Wildman–Crippen MR) is 84.0 cm³/mol. The summed E-state index contributed by atoms with van der Waals surface area (Å²) in [6.45, 7) is 1.36. The molecule has 0 spiro atoms. The molecule has 8 heteroatoms. The minimum absolute atomic E-state index is 0.0410. The standard InChI is InChI=1S/C16H21NO7/c1-10(15(19)17-16(20)23-4)24-13(18)9-8-11-6-5-7-12(21-2)14(11)22-3/h5-7,10H,8-9H2,1-4H3,(H,17,19,20)/t10-/m1/s1. The number of alkyl carbamates (subject to hydrolysis) is 1. The highest BCUT2D eigenvalue weighted by Crippen LogP contribution is 2.31. The van der Waals surface area contributed by atoms with Crippen LogP contribution in [0.25, 0.3) is 0 Å². The minimum atomic E-state index is -1.11. The van der Waals surface area contributed by atoms with Gasteiger partial charge in [-0.3, -0.25) is 14.9 Å². The molecule has 1 aromatic carbocycles. The first-order valence-electron chi connectivity index (χ1n) is 7.21. The third kappa shape index (κ3) is 5.45. The van der Waals surface area contributed by atoms with Gasteiger partial charge in [-0.25, -0.2) is 4.79 Å². The lowest BCUT2D eigenvalue weighted by Gasteiger charge is -2.14. The van der Waals surface area contributed by atoms with Gasteiger partial charge >= 0.3 is 12.1 Å². The predicted octanol–water partition coefficient (Wildman–Crippen LogP) is 1.45. The fourth-order valence-electron chi connectivity index (χ4n) is 1.95. The molecule has 2 amide bonds. The molecule has 0 heterocycles. The van der Waals surface area contributed by atoms with Gasteiger partial charge in [-0.1, -0.05) is 12.1 Å². The molecule has 24 heavy (non-hydrogen) atoms. The van der Waals surface area contributed by atoms with E-state index in [-0.39, 0.29) is 6.42 Å². The molecule has 1 aromatic rings. The third-order valence-electron chi connectivity index (χ3n) is 3.17. The summed E-state index contributed by atoms with van der Waals surface area (Å²) < 4.78 is 19.7. The molecule has 0 saturated heterocycles. The van der Waals surface area contributed by atoms with Crippen molar-refractivity contribution in [1.29, 1.82) is 0 Å². The number of rotatable bonds is 7. The summed E-state index contributed by atoms with van der Waals surface area (Å²) in [7, 11) is 4.16. The van der Waals surface area contributed by atoms with E-state index in [2.05, 4.69) is 4.74 Å². The Labute approximate surface area is 140 Å². The Morgan fingerprint density at radius 2 is 1.83 bits per heavy atom. The lowest BCUT2D eigenvalue weighted by molar-refractivity contribution is -0.154. The summed E-state index contributed by atoms with van der Waals surface area (Å²) in [6, 6.07) is 5.34. The van der Waals surface area contributed by atoms with E-state index in [1.165, 1.54) is 21.1 Å². The first-order valence-corrected chi connectivity index (χ1v) is 7.21. The molecule has 0 radical (unpaired) electrons. The number of methoxy groups -OCH3 is 3. The van der Waals surface area contributed by atoms with Crippen LogP contribution in [0.5, 0.6) is 11.5 Å². The van der Waals surface area contributed by atoms with Gasteiger partial charge in [0.05, 0.1) is 21.3 Å². The van der Waals surface area contributed by atoms with Crippen molar-refractivity contribution in [3.8, 4) is 11.5 Å². The second-order valence-electron chi connectivity index (χ2n) is 4.77. The summed E-state index contributed by atoms with van der Waals surface area (Å²) in [4.78, 5) is 34.4. The Morgan fingerprint density at radius 3 is 2.42 bits per heavy atom. The molecule has 132 valence electrons. The maximum absolute atomic E-state index is 11.9. The number of carbonyl (C=O) groups is 3. The third-order valence-corrected chi connectivity index (χ3v) is 3.17. The summed E-state index contributed by atoms with van der Waals surface area (Å²) in [5, 5.41) is 1.93. The quantitative estimate of drug-likeness (QED) is 0.750. The Kier molecular flexibility index (Phi) is 7.54. The van der Waals surface area contributed by atoms with E-state index in [1.807, 2.05) is 11.4 Å². The van der Waals surface area contributed by atoms with Crippen LogP contribution in [0.4, 0.5) is 4.79 Å². The van der Waals surface area contributed by atoms with Crippen molar-refractivity contribution in [2.24, 2.45) is 0 Å². The molecule has 0 unspecified atom stereocenters. The van der Waals surface area contributed by atoms with Crippen molar-refractivity contribution in [3.63, 3.8) is 0 Å². The van der Waals surface area contributed by atoms with Crippen LogP contribution in [0.1, 0.15) is 18.9 Å². The maximum atomic E-state index is 11.9. The molecule has 8 nitrogen and oxygen atoms in total. The largest absolute Gasteiger partial charge is 0.493 e. The van der Waals surface area contributed by atoms with Crippen LogP contribution in [0.15, 0.2) is 18.2 Å². The van der Waals surface area contributed by atoms with Gasteiger partial charge in [0.2, 0.25) is 0 Å². The zero-order chi connectivity index (χ0) is 18.1. The van der Waals surface area contributed by atoms with Crippen LogP contribution >= 0.6 is 0 Å². The fourth-order valence-corrected chi connectivity index (χ4v) is 1.95. The molecule has 0 aliphatic carbocycles. The van der Waals surface area contributed by atoms with E-state index in [0.717, 1.165) is 12.7 Å². The number of nitrogens with one attached hydrogen (secondary N) is 1. The van der Waals surface area contributed by atoms with Crippen LogP contribution in [0.3, 0.4) is 0 Å². The van der Waals surface area contributed by atoms with E-state index >= 15 is 0 Å². The number of hydrogen-bond donors (Lipinski definition) is 1. The van der Waals surface area contributed by atoms with E-state index < -0.39 is 24.1 Å². The van der Waals surface area contributed by atoms with Gasteiger partial charge in [-0.2, -0.15) is 0 Å². The van der Waals surface area contributed by atoms with Gasteiger partial charge in [0.15, 0.2) is 17.6 Å². The van der Waals surface area contributed by atoms with Crippen LogP contribution < -0.4 is 14.8 Å². The molecular formula is C16H21NO7. The first kappa shape index (κ1) is 19.3. The number of esters is 1. The van der Waals surface area contributed by atoms with E-state index in [1.54, 1.807) is 12.1 Å². The molecule has 0 bridgehead atoms. The van der Waals surface area contributed by atoms with E-state index in [0.29, 0.717) is 17.9 Å². The van der Waals surface area contributed by atoms with Gasteiger partial charge in [-0.15, -0.1) is 0 Å². The topological polar surface area (TPSA) is 100 Å². The number of imide groups is 1. The molecule has 1 N–H and O–H groups in total. The molecule has 0 fully saturated rings. The number of benzene rings is 1. The van der Waals surface area contributed by atoms with Crippen LogP contribution in [0.2, 0.25) is 0 Å². The van der Waals surface area contributed by atoms with Gasteiger partial charge in [0, 0.05) is 6.42 Å². The van der Waals surface area contributed by atoms with Gasteiger partial charge in [-0.05, 0) is 25.0 Å². The number of aryl methyl sites for hydroxylation is 1. The lowest BCUT2D eigenvalue weighted by atomic mass is 10.1. The summed E-state index contributed by atoms with van der Waals surface area (Å²) in [5.74, 6) is -0.222. The van der Waals surface area contributed by atoms with Gasteiger partial charge in [0.25, 0.3) is 5.91 Å². The molecule has 0 aliphatic heterocycles. The van der Waals surface area contributed by atoms with E-state index in [4.69, 9.17) is 14.2 Å². The maximum Gasteiger partial charge on any atom is 0.413 e. The molecular weight excluding hydrogens is 318 g/mol. The first-order chi connectivity index (χ1) is 11.4. The zero-order valence-corrected chi connectivity index (χ0v) is 14.1. The lowest BCUT2D eigenvalue weighted by Crippen LogP contribution is -2.39. The number of para-hydroxylation sites is 1. The SMILES string of the molecule is COC(=O)NC(=O)[C@@H](C)OC(=O)CCc1cccc(OC)c1OC. The van der Waals surface area contributed by atoms with Crippen LogP contribution in [-0.4, -0.2) is 45.4 Å². The highest BCUT2D eigenvalue weighted by Gasteiger charge is 2.20. The average Bonchev–Trinajstić information content (AvgIpc) is 2.58. The van der Waals surface area contributed by atoms with Crippen LogP contribution in [-0.2, 0) is 25.5 Å². The van der Waals surface area contributed by atoms with Crippen molar-refractivity contribution >= 4 is 18.0 Å². The van der Waals surface area contributed by atoms with Crippen molar-refractivity contribution in [2.45, 2.75) is 25.9 Å². The number of carbonyl (C=O) groups excluding carboxylic acids is 3. The van der Waals surface area contributed by atoms with Gasteiger partial charge in [0.1, 0.15) is 0 Å². The fraction of sp³-hybridized carbons (Fsp3) is 0.438. The highest BCUT2D eigenvalue weighted by atomic mass is 16.6. The summed E-state index contributed by atoms with van der Waals surface area (Å²) in [6.07, 6.45) is -1.63. The molecule has 1 rings (SSSR count). The van der Waals surface area contributed by atoms with Crippen molar-refractivity contribution in [2.75, 3.05) is 21.3 Å². The Morgan fingerprint density at radius 1 is 1.12 bits per heavy atom. The average molecular weight is 339 g/mol. The summed E-state index contributed by atoms with van der Waals surface area (Å²) in [5.41, 5.74) is 0.778. The monoisotopic (exact) mass is 339 g/mol. The minimum Gasteiger partial charge on any atom is -0.493 e. The molecule has 1 atom stereocenters. The Bertz CT molecular complexity index is 600. The summed E-state index contributed by atoms with van der Waals surface area (Å²) >= 11 is 0. The van der Waals surface area contributed by atoms with Crippen molar-refractivity contribution in [3.05, 3.63) is 23.8 Å². The molecule has 0 aliphatic rings. The molecule has 0 aromatic heterocycles.